The molecule has 2 saturated heterocycles. The normalized spacial score (nSPS) is 30.5. The van der Waals surface area contributed by atoms with Gasteiger partial charge >= 0.3 is 0 Å². The van der Waals surface area contributed by atoms with E-state index in [1.54, 1.807) is 0 Å². The van der Waals surface area contributed by atoms with E-state index in [4.69, 9.17) is 4.74 Å². The van der Waals surface area contributed by atoms with Gasteiger partial charge in [-0.25, -0.2) is 0 Å². The summed E-state index contributed by atoms with van der Waals surface area (Å²) in [6, 6.07) is 0. The maximum atomic E-state index is 12.2. The highest BCUT2D eigenvalue weighted by molar-refractivity contribution is 5.79. The molecule has 0 aromatic rings. The van der Waals surface area contributed by atoms with E-state index in [-0.39, 0.29) is 11.5 Å². The molecule has 2 rings (SSSR count). The summed E-state index contributed by atoms with van der Waals surface area (Å²) >= 11 is 0. The van der Waals surface area contributed by atoms with Crippen molar-refractivity contribution in [3.8, 4) is 0 Å². The van der Waals surface area contributed by atoms with Crippen LogP contribution >= 0.6 is 0 Å². The zero-order chi connectivity index (χ0) is 10.9. The first-order valence-corrected chi connectivity index (χ1v) is 6.01. The van der Waals surface area contributed by atoms with Crippen LogP contribution < -0.4 is 0 Å². The van der Waals surface area contributed by atoms with Crippen LogP contribution in [0.15, 0.2) is 0 Å². The monoisotopic (exact) mass is 211 g/mol. The second-order valence-electron chi connectivity index (χ2n) is 5.33. The van der Waals surface area contributed by atoms with Crippen molar-refractivity contribution < 1.29 is 9.53 Å². The lowest BCUT2D eigenvalue weighted by Gasteiger charge is -2.36. The van der Waals surface area contributed by atoms with E-state index >= 15 is 0 Å². The van der Waals surface area contributed by atoms with Gasteiger partial charge in [0.1, 0.15) is 0 Å². The van der Waals surface area contributed by atoms with Crippen LogP contribution in [0.3, 0.4) is 0 Å². The second kappa shape index (κ2) is 4.12. The number of ether oxygens (including phenoxy) is 1. The molecule has 2 aliphatic rings. The van der Waals surface area contributed by atoms with Crippen LogP contribution in [0, 0.1) is 5.92 Å². The van der Waals surface area contributed by atoms with E-state index in [1.807, 2.05) is 4.90 Å². The van der Waals surface area contributed by atoms with Crippen molar-refractivity contribution in [3.63, 3.8) is 0 Å². The molecule has 0 radical (unpaired) electrons. The number of hydrogen-bond donors (Lipinski definition) is 0. The first kappa shape index (κ1) is 10.9. The van der Waals surface area contributed by atoms with Gasteiger partial charge in [-0.05, 0) is 39.5 Å². The fourth-order valence-corrected chi connectivity index (χ4v) is 2.64. The Morgan fingerprint density at radius 3 is 2.60 bits per heavy atom. The van der Waals surface area contributed by atoms with Gasteiger partial charge < -0.3 is 9.64 Å². The van der Waals surface area contributed by atoms with Gasteiger partial charge in [0, 0.05) is 25.6 Å². The maximum absolute atomic E-state index is 12.2. The molecule has 15 heavy (non-hydrogen) atoms. The van der Waals surface area contributed by atoms with Crippen molar-refractivity contribution in [1.29, 1.82) is 0 Å². The molecule has 1 unspecified atom stereocenters. The van der Waals surface area contributed by atoms with Crippen LogP contribution in [0.5, 0.6) is 0 Å². The molecule has 86 valence electrons. The minimum absolute atomic E-state index is 0.113. The summed E-state index contributed by atoms with van der Waals surface area (Å²) in [5.74, 6) is 0.565. The maximum Gasteiger partial charge on any atom is 0.225 e. The van der Waals surface area contributed by atoms with Crippen molar-refractivity contribution >= 4 is 5.91 Å². The molecule has 0 aliphatic carbocycles. The summed E-state index contributed by atoms with van der Waals surface area (Å²) < 4.78 is 5.64. The Hall–Kier alpha value is -0.570. The molecule has 2 fully saturated rings. The average Bonchev–Trinajstić information content (AvgIpc) is 2.67. The first-order chi connectivity index (χ1) is 7.08. The van der Waals surface area contributed by atoms with Crippen molar-refractivity contribution in [2.75, 3.05) is 19.7 Å². The number of hydrogen-bond acceptors (Lipinski definition) is 2. The van der Waals surface area contributed by atoms with Crippen molar-refractivity contribution in [1.82, 2.24) is 4.90 Å². The van der Waals surface area contributed by atoms with Gasteiger partial charge in [-0.3, -0.25) is 4.79 Å². The van der Waals surface area contributed by atoms with E-state index in [0.717, 1.165) is 32.5 Å². The molecule has 0 spiro atoms. The molecular formula is C12H21NO2. The van der Waals surface area contributed by atoms with E-state index in [9.17, 15) is 4.79 Å². The lowest BCUT2D eigenvalue weighted by atomic mass is 9.87. The fraction of sp³-hybridized carbons (Fsp3) is 0.917. The van der Waals surface area contributed by atoms with Gasteiger partial charge in [0.05, 0.1) is 5.60 Å². The molecule has 0 saturated carbocycles. The minimum atomic E-state index is -0.113. The SMILES string of the molecule is CC1(C)CC(C(=O)N2CCCC2)CCO1. The van der Waals surface area contributed by atoms with E-state index in [1.165, 1.54) is 12.8 Å². The average molecular weight is 211 g/mol. The van der Waals surface area contributed by atoms with Crippen LogP contribution in [-0.4, -0.2) is 36.1 Å². The third-order valence-corrected chi connectivity index (χ3v) is 3.46. The third kappa shape index (κ3) is 2.51. The Morgan fingerprint density at radius 2 is 2.00 bits per heavy atom. The van der Waals surface area contributed by atoms with E-state index in [2.05, 4.69) is 13.8 Å². The van der Waals surface area contributed by atoms with Crippen molar-refractivity contribution in [2.45, 2.75) is 45.1 Å². The number of amides is 1. The number of carbonyl (C=O) groups excluding carboxylic acids is 1. The molecule has 1 atom stereocenters. The van der Waals surface area contributed by atoms with Crippen LogP contribution in [-0.2, 0) is 9.53 Å². The predicted molar refractivity (Wildman–Crippen MR) is 58.6 cm³/mol. The fourth-order valence-electron chi connectivity index (χ4n) is 2.64. The molecular weight excluding hydrogens is 190 g/mol. The Morgan fingerprint density at radius 1 is 1.33 bits per heavy atom. The van der Waals surface area contributed by atoms with E-state index < -0.39 is 0 Å². The Bertz CT molecular complexity index is 244. The largest absolute Gasteiger partial charge is 0.376 e. The molecule has 3 nitrogen and oxygen atoms in total. The van der Waals surface area contributed by atoms with Gasteiger partial charge in [-0.1, -0.05) is 0 Å². The van der Waals surface area contributed by atoms with Gasteiger partial charge in [0.25, 0.3) is 0 Å². The highest BCUT2D eigenvalue weighted by Gasteiger charge is 2.35. The Balaban J connectivity index is 1.94. The number of nitrogens with zero attached hydrogens (tertiary/aromatic N) is 1. The van der Waals surface area contributed by atoms with Gasteiger partial charge in [-0.2, -0.15) is 0 Å². The number of rotatable bonds is 1. The lowest BCUT2D eigenvalue weighted by molar-refractivity contribution is -0.144. The minimum Gasteiger partial charge on any atom is -0.376 e. The molecule has 3 heteroatoms. The molecule has 0 aromatic carbocycles. The zero-order valence-corrected chi connectivity index (χ0v) is 9.79. The van der Waals surface area contributed by atoms with Gasteiger partial charge in [0.15, 0.2) is 0 Å². The van der Waals surface area contributed by atoms with Gasteiger partial charge in [-0.15, -0.1) is 0 Å². The summed E-state index contributed by atoms with van der Waals surface area (Å²) in [6.45, 7) is 6.83. The summed E-state index contributed by atoms with van der Waals surface area (Å²) in [4.78, 5) is 14.2. The van der Waals surface area contributed by atoms with Crippen LogP contribution in [0.4, 0.5) is 0 Å². The topological polar surface area (TPSA) is 29.5 Å². The van der Waals surface area contributed by atoms with Crippen LogP contribution in [0.1, 0.15) is 39.5 Å². The standard InChI is InChI=1S/C12H21NO2/c1-12(2)9-10(5-8-15-12)11(14)13-6-3-4-7-13/h10H,3-9H2,1-2H3. The second-order valence-corrected chi connectivity index (χ2v) is 5.33. The highest BCUT2D eigenvalue weighted by Crippen LogP contribution is 2.30. The molecule has 2 aliphatic heterocycles. The zero-order valence-electron chi connectivity index (χ0n) is 9.79. The summed E-state index contributed by atoms with van der Waals surface area (Å²) in [6.07, 6.45) is 4.14. The number of likely N-dealkylation sites (tertiary alicyclic amines) is 1. The van der Waals surface area contributed by atoms with Gasteiger partial charge in [0.2, 0.25) is 5.91 Å². The molecule has 1 amide bonds. The third-order valence-electron chi connectivity index (χ3n) is 3.46. The molecule has 0 N–H and O–H groups in total. The Labute approximate surface area is 91.8 Å². The summed E-state index contributed by atoms with van der Waals surface area (Å²) in [5, 5.41) is 0. The molecule has 0 bridgehead atoms. The Kier molecular flexibility index (Phi) is 3.01. The quantitative estimate of drug-likeness (QED) is 0.662. The summed E-state index contributed by atoms with van der Waals surface area (Å²) in [7, 11) is 0. The predicted octanol–water partition coefficient (Wildman–Crippen LogP) is 1.81. The summed E-state index contributed by atoms with van der Waals surface area (Å²) in [5.41, 5.74) is -0.113. The number of carbonyl (C=O) groups is 1. The lowest BCUT2D eigenvalue weighted by Crippen LogP contribution is -2.42. The van der Waals surface area contributed by atoms with Crippen molar-refractivity contribution in [2.24, 2.45) is 5.92 Å². The van der Waals surface area contributed by atoms with Crippen LogP contribution in [0.2, 0.25) is 0 Å². The smallest absolute Gasteiger partial charge is 0.225 e. The molecule has 2 heterocycles. The van der Waals surface area contributed by atoms with Crippen LogP contribution in [0.25, 0.3) is 0 Å². The van der Waals surface area contributed by atoms with Crippen molar-refractivity contribution in [3.05, 3.63) is 0 Å². The molecule has 0 aromatic heterocycles. The van der Waals surface area contributed by atoms with E-state index in [0.29, 0.717) is 5.91 Å². The first-order valence-electron chi connectivity index (χ1n) is 6.01. The highest BCUT2D eigenvalue weighted by atomic mass is 16.5.